The number of amides is 1. The third-order valence-electron chi connectivity index (χ3n) is 5.54. The van der Waals surface area contributed by atoms with E-state index in [9.17, 15) is 14.0 Å². The number of carboxylic acids is 1. The molecule has 0 radical (unpaired) electrons. The molecule has 0 unspecified atom stereocenters. The molecule has 0 aromatic heterocycles. The van der Waals surface area contributed by atoms with E-state index >= 15 is 0 Å². The molecule has 0 saturated carbocycles. The molecule has 3 N–H and O–H groups in total. The maximum Gasteiger partial charge on any atom is 0.303 e. The molecule has 0 aliphatic carbocycles. The van der Waals surface area contributed by atoms with E-state index in [1.165, 1.54) is 12.1 Å². The van der Waals surface area contributed by atoms with E-state index in [0.717, 1.165) is 28.9 Å². The first-order valence-corrected chi connectivity index (χ1v) is 11.0. The molecule has 3 aromatic carbocycles. The van der Waals surface area contributed by atoms with E-state index in [0.29, 0.717) is 28.9 Å². The Kier molecular flexibility index (Phi) is 6.75. The number of rotatable bonds is 8. The van der Waals surface area contributed by atoms with Gasteiger partial charge in [-0.05, 0) is 67.5 Å². The number of hydrogen-bond acceptors (Lipinski definition) is 4. The number of fused-ring (bicyclic) bond motifs is 1. The number of benzene rings is 3. The van der Waals surface area contributed by atoms with Crippen molar-refractivity contribution < 1.29 is 19.1 Å². The van der Waals surface area contributed by atoms with Crippen LogP contribution in [0, 0.1) is 5.82 Å². The van der Waals surface area contributed by atoms with Crippen LogP contribution in [0.5, 0.6) is 0 Å². The molecule has 6 nitrogen and oxygen atoms in total. The van der Waals surface area contributed by atoms with Crippen LogP contribution >= 0.6 is 0 Å². The molecule has 4 rings (SSSR count). The Balaban J connectivity index is 1.78. The van der Waals surface area contributed by atoms with Crippen molar-refractivity contribution in [3.8, 4) is 0 Å². The molecular formula is C27H26FN3O3. The highest BCUT2D eigenvalue weighted by Gasteiger charge is 2.29. The fourth-order valence-corrected chi connectivity index (χ4v) is 4.02. The topological polar surface area (TPSA) is 81.7 Å². The van der Waals surface area contributed by atoms with Crippen LogP contribution in [0.25, 0.3) is 11.3 Å². The Morgan fingerprint density at radius 1 is 1.03 bits per heavy atom. The maximum absolute atomic E-state index is 13.8. The number of hydrogen-bond donors (Lipinski definition) is 3. The Labute approximate surface area is 197 Å². The third-order valence-corrected chi connectivity index (χ3v) is 5.54. The van der Waals surface area contributed by atoms with E-state index in [-0.39, 0.29) is 12.3 Å². The summed E-state index contributed by atoms with van der Waals surface area (Å²) in [7, 11) is 4.00. The van der Waals surface area contributed by atoms with Gasteiger partial charge in [0.1, 0.15) is 5.82 Å². The summed E-state index contributed by atoms with van der Waals surface area (Å²) in [6, 6.07) is 19.7. The van der Waals surface area contributed by atoms with Crippen LogP contribution < -0.4 is 10.6 Å². The number of halogens is 1. The second-order valence-electron chi connectivity index (χ2n) is 8.55. The highest BCUT2D eigenvalue weighted by Crippen LogP contribution is 2.38. The van der Waals surface area contributed by atoms with Gasteiger partial charge in [-0.25, -0.2) is 4.39 Å². The summed E-state index contributed by atoms with van der Waals surface area (Å²) in [5.41, 5.74) is 5.65. The molecular weight excluding hydrogens is 433 g/mol. The predicted molar refractivity (Wildman–Crippen MR) is 132 cm³/mol. The van der Waals surface area contributed by atoms with Crippen molar-refractivity contribution in [2.75, 3.05) is 24.7 Å². The number of anilines is 2. The minimum atomic E-state index is -0.849. The number of carbonyl (C=O) groups is 2. The molecule has 0 fully saturated rings. The summed E-state index contributed by atoms with van der Waals surface area (Å²) in [6.45, 7) is 0.766. The molecule has 0 atom stereocenters. The van der Waals surface area contributed by atoms with Crippen molar-refractivity contribution in [2.24, 2.45) is 0 Å². The van der Waals surface area contributed by atoms with Crippen LogP contribution in [0.1, 0.15) is 28.7 Å². The van der Waals surface area contributed by atoms with Gasteiger partial charge < -0.3 is 20.6 Å². The van der Waals surface area contributed by atoms with E-state index in [1.54, 1.807) is 6.07 Å². The van der Waals surface area contributed by atoms with Crippen molar-refractivity contribution in [1.82, 2.24) is 4.90 Å². The van der Waals surface area contributed by atoms with E-state index in [2.05, 4.69) is 15.5 Å². The fraction of sp³-hybridized carbons (Fsp3) is 0.185. The highest BCUT2D eigenvalue weighted by atomic mass is 19.1. The Morgan fingerprint density at radius 2 is 1.79 bits per heavy atom. The number of nitrogens with zero attached hydrogens (tertiary/aromatic N) is 1. The SMILES string of the molecule is CN(C)Cc1cccc(N/C(=C2\C(=O)Nc3cc(F)ccc32)c2ccc(CCC(=O)O)cc2)c1. The first-order chi connectivity index (χ1) is 16.3. The van der Waals surface area contributed by atoms with Gasteiger partial charge in [-0.15, -0.1) is 0 Å². The van der Waals surface area contributed by atoms with E-state index < -0.39 is 11.8 Å². The third kappa shape index (κ3) is 5.32. The summed E-state index contributed by atoms with van der Waals surface area (Å²) < 4.78 is 13.8. The van der Waals surface area contributed by atoms with Crippen molar-refractivity contribution in [3.05, 3.63) is 94.8 Å². The van der Waals surface area contributed by atoms with Gasteiger partial charge in [-0.1, -0.05) is 36.4 Å². The van der Waals surface area contributed by atoms with Crippen molar-refractivity contribution >= 4 is 34.5 Å². The number of nitrogens with one attached hydrogen (secondary N) is 2. The smallest absolute Gasteiger partial charge is 0.303 e. The Bertz CT molecular complexity index is 1270. The zero-order valence-electron chi connectivity index (χ0n) is 19.1. The fourth-order valence-electron chi connectivity index (χ4n) is 4.02. The minimum Gasteiger partial charge on any atom is -0.481 e. The van der Waals surface area contributed by atoms with Crippen molar-refractivity contribution in [3.63, 3.8) is 0 Å². The van der Waals surface area contributed by atoms with Gasteiger partial charge in [0.25, 0.3) is 5.91 Å². The molecule has 3 aromatic rings. The lowest BCUT2D eigenvalue weighted by atomic mass is 9.98. The molecule has 0 spiro atoms. The number of carbonyl (C=O) groups excluding carboxylic acids is 1. The maximum atomic E-state index is 13.8. The first-order valence-electron chi connectivity index (χ1n) is 11.0. The average molecular weight is 460 g/mol. The standard InChI is InChI=1S/C27H26FN3O3/c1-31(2)16-18-4-3-5-21(14-18)29-26(19-9-6-17(7-10-19)8-13-24(32)33)25-22-12-11-20(28)15-23(22)30-27(25)34/h3-7,9-12,14-15,29H,8,13,16H2,1-2H3,(H,30,34)(H,32,33)/b26-25-. The normalized spacial score (nSPS) is 14.1. The second kappa shape index (κ2) is 9.89. The lowest BCUT2D eigenvalue weighted by molar-refractivity contribution is -0.137. The summed E-state index contributed by atoms with van der Waals surface area (Å²) in [5.74, 6) is -1.59. The zero-order chi connectivity index (χ0) is 24.2. The Hall–Kier alpha value is -3.97. The van der Waals surface area contributed by atoms with E-state index in [4.69, 9.17) is 5.11 Å². The van der Waals surface area contributed by atoms with Crippen LogP contribution in [0.3, 0.4) is 0 Å². The van der Waals surface area contributed by atoms with Gasteiger partial charge >= 0.3 is 5.97 Å². The Morgan fingerprint density at radius 3 is 2.50 bits per heavy atom. The molecule has 0 bridgehead atoms. The molecule has 1 heterocycles. The van der Waals surface area contributed by atoms with Gasteiger partial charge in [-0.2, -0.15) is 0 Å². The monoisotopic (exact) mass is 459 g/mol. The van der Waals surface area contributed by atoms with Gasteiger partial charge in [0.2, 0.25) is 0 Å². The first kappa shape index (κ1) is 23.2. The average Bonchev–Trinajstić information content (AvgIpc) is 3.11. The second-order valence-corrected chi connectivity index (χ2v) is 8.55. The summed E-state index contributed by atoms with van der Waals surface area (Å²) in [5, 5.41) is 15.1. The lowest BCUT2D eigenvalue weighted by Crippen LogP contribution is -2.12. The van der Waals surface area contributed by atoms with Crippen LogP contribution in [-0.2, 0) is 22.6 Å². The highest BCUT2D eigenvalue weighted by molar-refractivity contribution is 6.37. The van der Waals surface area contributed by atoms with Crippen LogP contribution in [0.15, 0.2) is 66.7 Å². The summed E-state index contributed by atoms with van der Waals surface area (Å²) >= 11 is 0. The number of aryl methyl sites for hydroxylation is 1. The minimum absolute atomic E-state index is 0.0472. The quantitative estimate of drug-likeness (QED) is 0.420. The molecule has 1 aliphatic heterocycles. The van der Waals surface area contributed by atoms with Crippen molar-refractivity contribution in [2.45, 2.75) is 19.4 Å². The summed E-state index contributed by atoms with van der Waals surface area (Å²) in [4.78, 5) is 26.0. The van der Waals surface area contributed by atoms with Gasteiger partial charge in [0.15, 0.2) is 0 Å². The van der Waals surface area contributed by atoms with E-state index in [1.807, 2.05) is 62.6 Å². The zero-order valence-corrected chi connectivity index (χ0v) is 19.1. The van der Waals surface area contributed by atoms with Gasteiger partial charge in [-0.3, -0.25) is 9.59 Å². The van der Waals surface area contributed by atoms with Crippen LogP contribution in [-0.4, -0.2) is 36.0 Å². The lowest BCUT2D eigenvalue weighted by Gasteiger charge is -2.17. The number of carboxylic acid groups (broad SMARTS) is 1. The van der Waals surface area contributed by atoms with Crippen molar-refractivity contribution in [1.29, 1.82) is 0 Å². The molecule has 7 heteroatoms. The molecule has 174 valence electrons. The van der Waals surface area contributed by atoms with Crippen LogP contribution in [0.2, 0.25) is 0 Å². The number of aliphatic carboxylic acids is 1. The molecule has 1 aliphatic rings. The molecule has 1 amide bonds. The van der Waals surface area contributed by atoms with Crippen LogP contribution in [0.4, 0.5) is 15.8 Å². The molecule has 34 heavy (non-hydrogen) atoms. The van der Waals surface area contributed by atoms with Gasteiger partial charge in [0, 0.05) is 24.2 Å². The largest absolute Gasteiger partial charge is 0.481 e. The summed E-state index contributed by atoms with van der Waals surface area (Å²) in [6.07, 6.45) is 0.468. The predicted octanol–water partition coefficient (Wildman–Crippen LogP) is 4.84. The van der Waals surface area contributed by atoms with Gasteiger partial charge in [0.05, 0.1) is 17.0 Å². The molecule has 0 saturated heterocycles.